The fourth-order valence-electron chi connectivity index (χ4n) is 2.49. The van der Waals surface area contributed by atoms with Gasteiger partial charge in [0, 0.05) is 23.7 Å². The van der Waals surface area contributed by atoms with E-state index in [-0.39, 0.29) is 11.8 Å². The van der Waals surface area contributed by atoms with E-state index in [1.807, 2.05) is 18.3 Å². The lowest BCUT2D eigenvalue weighted by atomic mass is 10.0. The van der Waals surface area contributed by atoms with Crippen LogP contribution in [0.15, 0.2) is 42.6 Å². The molecule has 0 bridgehead atoms. The zero-order chi connectivity index (χ0) is 16.4. The Morgan fingerprint density at radius 1 is 1.22 bits per heavy atom. The number of anilines is 1. The number of carbonyl (C=O) groups excluding carboxylic acids is 1. The molecule has 0 radical (unpaired) electrons. The zero-order valence-corrected chi connectivity index (χ0v) is 13.9. The van der Waals surface area contributed by atoms with Gasteiger partial charge in [-0.05, 0) is 63.2 Å². The fourth-order valence-corrected chi connectivity index (χ4v) is 2.49. The number of hydrogen-bond donors (Lipinski definition) is 1. The van der Waals surface area contributed by atoms with E-state index in [1.54, 1.807) is 0 Å². The maximum absolute atomic E-state index is 11.8. The first-order valence-corrected chi connectivity index (χ1v) is 8.08. The van der Waals surface area contributed by atoms with Gasteiger partial charge in [0.15, 0.2) is 0 Å². The number of benzene rings is 1. The molecule has 2 aromatic rings. The molecule has 4 nitrogen and oxygen atoms in total. The molecular formula is C19H23N3O. The van der Waals surface area contributed by atoms with Gasteiger partial charge in [-0.3, -0.25) is 4.79 Å². The molecule has 1 N–H and O–H groups in total. The minimum Gasteiger partial charge on any atom is -0.310 e. The first-order valence-electron chi connectivity index (χ1n) is 8.08. The van der Waals surface area contributed by atoms with Gasteiger partial charge in [-0.15, -0.1) is 0 Å². The molecule has 1 amide bonds. The van der Waals surface area contributed by atoms with E-state index in [0.717, 1.165) is 24.0 Å². The Bertz CT molecular complexity index is 690. The van der Waals surface area contributed by atoms with E-state index in [4.69, 9.17) is 0 Å². The molecule has 120 valence electrons. The lowest BCUT2D eigenvalue weighted by molar-refractivity contribution is -0.117. The quantitative estimate of drug-likeness (QED) is 0.915. The highest BCUT2D eigenvalue weighted by molar-refractivity contribution is 5.93. The van der Waals surface area contributed by atoms with Gasteiger partial charge in [0.1, 0.15) is 5.82 Å². The SMILES string of the molecule is CC(c1cccc(-c2ccc(NC(=O)C3CC3)nc2)c1)N(C)C. The lowest BCUT2D eigenvalue weighted by Crippen LogP contribution is -2.16. The van der Waals surface area contributed by atoms with Crippen molar-refractivity contribution in [1.29, 1.82) is 0 Å². The number of pyridine rings is 1. The van der Waals surface area contributed by atoms with Gasteiger partial charge in [-0.2, -0.15) is 0 Å². The molecule has 23 heavy (non-hydrogen) atoms. The van der Waals surface area contributed by atoms with Gasteiger partial charge in [0.2, 0.25) is 5.91 Å². The molecule has 1 aromatic carbocycles. The summed E-state index contributed by atoms with van der Waals surface area (Å²) in [6.07, 6.45) is 3.82. The van der Waals surface area contributed by atoms with Gasteiger partial charge >= 0.3 is 0 Å². The molecule has 1 aliphatic rings. The monoisotopic (exact) mass is 309 g/mol. The maximum Gasteiger partial charge on any atom is 0.228 e. The third-order valence-electron chi connectivity index (χ3n) is 4.44. The van der Waals surface area contributed by atoms with Gasteiger partial charge < -0.3 is 10.2 Å². The summed E-state index contributed by atoms with van der Waals surface area (Å²) in [7, 11) is 4.16. The first-order chi connectivity index (χ1) is 11.0. The summed E-state index contributed by atoms with van der Waals surface area (Å²) in [5.74, 6) is 0.913. The van der Waals surface area contributed by atoms with Crippen molar-refractivity contribution in [1.82, 2.24) is 9.88 Å². The molecule has 1 aromatic heterocycles. The Morgan fingerprint density at radius 2 is 2.00 bits per heavy atom. The van der Waals surface area contributed by atoms with Crippen molar-refractivity contribution in [3.63, 3.8) is 0 Å². The summed E-state index contributed by atoms with van der Waals surface area (Å²) in [5, 5.41) is 2.87. The number of hydrogen-bond acceptors (Lipinski definition) is 3. The molecule has 1 unspecified atom stereocenters. The minimum atomic E-state index is 0.0899. The van der Waals surface area contributed by atoms with Crippen LogP contribution in [0.25, 0.3) is 11.1 Å². The van der Waals surface area contributed by atoms with Crippen LogP contribution in [0.4, 0.5) is 5.82 Å². The van der Waals surface area contributed by atoms with E-state index in [2.05, 4.69) is 60.5 Å². The van der Waals surface area contributed by atoms with Crippen molar-refractivity contribution >= 4 is 11.7 Å². The Labute approximate surface area is 137 Å². The largest absolute Gasteiger partial charge is 0.310 e. The summed E-state index contributed by atoms with van der Waals surface area (Å²) < 4.78 is 0. The number of carbonyl (C=O) groups is 1. The molecule has 4 heteroatoms. The summed E-state index contributed by atoms with van der Waals surface area (Å²) in [6.45, 7) is 2.19. The normalized spacial score (nSPS) is 15.5. The van der Waals surface area contributed by atoms with E-state index in [0.29, 0.717) is 11.9 Å². The smallest absolute Gasteiger partial charge is 0.228 e. The van der Waals surface area contributed by atoms with Crippen molar-refractivity contribution < 1.29 is 4.79 Å². The third-order valence-corrected chi connectivity index (χ3v) is 4.44. The number of aromatic nitrogens is 1. The van der Waals surface area contributed by atoms with E-state index < -0.39 is 0 Å². The van der Waals surface area contributed by atoms with Crippen LogP contribution in [-0.4, -0.2) is 29.9 Å². The summed E-state index contributed by atoms with van der Waals surface area (Å²) in [5.41, 5.74) is 3.48. The average Bonchev–Trinajstić information content (AvgIpc) is 3.40. The lowest BCUT2D eigenvalue weighted by Gasteiger charge is -2.20. The van der Waals surface area contributed by atoms with Crippen LogP contribution >= 0.6 is 0 Å². The van der Waals surface area contributed by atoms with Crippen LogP contribution in [0.3, 0.4) is 0 Å². The van der Waals surface area contributed by atoms with E-state index >= 15 is 0 Å². The average molecular weight is 309 g/mol. The Kier molecular flexibility index (Phi) is 4.44. The highest BCUT2D eigenvalue weighted by Gasteiger charge is 2.29. The summed E-state index contributed by atoms with van der Waals surface area (Å²) >= 11 is 0. The van der Waals surface area contributed by atoms with Crippen molar-refractivity contribution in [3.8, 4) is 11.1 Å². The highest BCUT2D eigenvalue weighted by atomic mass is 16.2. The van der Waals surface area contributed by atoms with Crippen LogP contribution in [0.2, 0.25) is 0 Å². The number of nitrogens with zero attached hydrogens (tertiary/aromatic N) is 2. The molecule has 1 saturated carbocycles. The maximum atomic E-state index is 11.8. The third kappa shape index (κ3) is 3.77. The van der Waals surface area contributed by atoms with E-state index in [9.17, 15) is 4.79 Å². The number of rotatable bonds is 5. The van der Waals surface area contributed by atoms with Gasteiger partial charge in [0.05, 0.1) is 0 Å². The standard InChI is InChI=1S/C19H23N3O/c1-13(22(2)3)15-5-4-6-16(11-15)17-9-10-18(20-12-17)21-19(23)14-7-8-14/h4-6,9-14H,7-8H2,1-3H3,(H,20,21,23). The van der Waals surface area contributed by atoms with Crippen molar-refractivity contribution in [2.75, 3.05) is 19.4 Å². The number of nitrogens with one attached hydrogen (secondary N) is 1. The molecule has 1 atom stereocenters. The molecule has 3 rings (SSSR count). The summed E-state index contributed by atoms with van der Waals surface area (Å²) in [4.78, 5) is 18.3. The van der Waals surface area contributed by atoms with Gasteiger partial charge in [-0.25, -0.2) is 4.98 Å². The second kappa shape index (κ2) is 6.50. The predicted molar refractivity (Wildman–Crippen MR) is 93.1 cm³/mol. The Hall–Kier alpha value is -2.20. The minimum absolute atomic E-state index is 0.0899. The first kappa shape index (κ1) is 15.7. The fraction of sp³-hybridized carbons (Fsp3) is 0.368. The van der Waals surface area contributed by atoms with Gasteiger partial charge in [-0.1, -0.05) is 18.2 Å². The van der Waals surface area contributed by atoms with Crippen LogP contribution in [0, 0.1) is 5.92 Å². The predicted octanol–water partition coefficient (Wildman–Crippen LogP) is 3.72. The summed E-state index contributed by atoms with van der Waals surface area (Å²) in [6, 6.07) is 12.8. The van der Waals surface area contributed by atoms with Crippen molar-refractivity contribution in [3.05, 3.63) is 48.2 Å². The van der Waals surface area contributed by atoms with Crippen LogP contribution in [0.5, 0.6) is 0 Å². The molecule has 1 fully saturated rings. The van der Waals surface area contributed by atoms with E-state index in [1.165, 1.54) is 5.56 Å². The molecule has 1 aliphatic carbocycles. The molecule has 0 aliphatic heterocycles. The second-order valence-corrected chi connectivity index (χ2v) is 6.46. The van der Waals surface area contributed by atoms with Crippen LogP contribution in [-0.2, 0) is 4.79 Å². The van der Waals surface area contributed by atoms with Crippen LogP contribution < -0.4 is 5.32 Å². The molecule has 0 saturated heterocycles. The molecular weight excluding hydrogens is 286 g/mol. The van der Waals surface area contributed by atoms with Crippen molar-refractivity contribution in [2.45, 2.75) is 25.8 Å². The molecule has 0 spiro atoms. The zero-order valence-electron chi connectivity index (χ0n) is 13.9. The number of amides is 1. The second-order valence-electron chi connectivity index (χ2n) is 6.46. The topological polar surface area (TPSA) is 45.2 Å². The molecule has 1 heterocycles. The van der Waals surface area contributed by atoms with Gasteiger partial charge in [0.25, 0.3) is 0 Å². The van der Waals surface area contributed by atoms with Crippen molar-refractivity contribution in [2.24, 2.45) is 5.92 Å². The highest BCUT2D eigenvalue weighted by Crippen LogP contribution is 2.30. The van der Waals surface area contributed by atoms with Crippen LogP contribution in [0.1, 0.15) is 31.4 Å². The Morgan fingerprint density at radius 3 is 2.61 bits per heavy atom. The Balaban J connectivity index is 1.76.